The highest BCUT2D eigenvalue weighted by atomic mass is 35.5. The number of hydrogen-bond donors (Lipinski definition) is 0. The number of rotatable bonds is 4. The first-order valence-corrected chi connectivity index (χ1v) is 5.55. The summed E-state index contributed by atoms with van der Waals surface area (Å²) < 4.78 is 0. The molecule has 84 valence electrons. The average molecular weight is 236 g/mol. The molecule has 0 N–H and O–H groups in total. The molecular weight excluding hydrogens is 222 g/mol. The van der Waals surface area contributed by atoms with Crippen LogP contribution in [0.1, 0.15) is 23.7 Å². The fraction of sp³-hybridized carbons (Fsp3) is 0.308. The second-order valence-corrected chi connectivity index (χ2v) is 3.82. The second kappa shape index (κ2) is 6.19. The van der Waals surface area contributed by atoms with Gasteiger partial charge in [0, 0.05) is 6.54 Å². The zero-order valence-electron chi connectivity index (χ0n) is 9.24. The molecule has 1 rings (SSSR count). The van der Waals surface area contributed by atoms with E-state index in [0.29, 0.717) is 23.7 Å². The van der Waals surface area contributed by atoms with E-state index in [-0.39, 0.29) is 5.91 Å². The molecule has 0 aliphatic heterocycles. The number of halogens is 1. The third kappa shape index (κ3) is 3.01. The van der Waals surface area contributed by atoms with Crippen molar-refractivity contribution < 1.29 is 4.79 Å². The van der Waals surface area contributed by atoms with Gasteiger partial charge in [-0.05, 0) is 18.6 Å². The van der Waals surface area contributed by atoms with Crippen molar-refractivity contribution >= 4 is 17.5 Å². The van der Waals surface area contributed by atoms with Crippen molar-refractivity contribution in [1.29, 1.82) is 0 Å². The summed E-state index contributed by atoms with van der Waals surface area (Å²) in [5.41, 5.74) is 0.507. The summed E-state index contributed by atoms with van der Waals surface area (Å²) in [6.45, 7) is 2.97. The predicted octanol–water partition coefficient (Wildman–Crippen LogP) is 2.83. The van der Waals surface area contributed by atoms with Crippen molar-refractivity contribution in [3.63, 3.8) is 0 Å². The summed E-state index contributed by atoms with van der Waals surface area (Å²) >= 11 is 5.96. The minimum absolute atomic E-state index is 0.106. The van der Waals surface area contributed by atoms with Gasteiger partial charge in [0.25, 0.3) is 5.91 Å². The fourth-order valence-corrected chi connectivity index (χ4v) is 1.65. The molecule has 0 saturated heterocycles. The van der Waals surface area contributed by atoms with Crippen molar-refractivity contribution in [3.05, 3.63) is 34.9 Å². The summed E-state index contributed by atoms with van der Waals surface area (Å²) in [7, 11) is 0. The van der Waals surface area contributed by atoms with E-state index in [1.165, 1.54) is 0 Å². The number of benzene rings is 1. The van der Waals surface area contributed by atoms with Crippen LogP contribution in [0.2, 0.25) is 5.02 Å². The number of hydrogen-bond acceptors (Lipinski definition) is 1. The lowest BCUT2D eigenvalue weighted by Gasteiger charge is -2.19. The van der Waals surface area contributed by atoms with Crippen molar-refractivity contribution in [1.82, 2.24) is 4.90 Å². The molecule has 1 aromatic rings. The Morgan fingerprint density at radius 3 is 2.75 bits per heavy atom. The highest BCUT2D eigenvalue weighted by Gasteiger charge is 2.16. The molecule has 0 bridgehead atoms. The van der Waals surface area contributed by atoms with E-state index in [2.05, 4.69) is 5.92 Å². The molecule has 0 unspecified atom stereocenters. The third-order valence-corrected chi connectivity index (χ3v) is 2.50. The first-order chi connectivity index (χ1) is 7.70. The Morgan fingerprint density at radius 2 is 2.19 bits per heavy atom. The van der Waals surface area contributed by atoms with Crippen LogP contribution in [0.4, 0.5) is 0 Å². The number of carbonyl (C=O) groups excluding carboxylic acids is 1. The maximum absolute atomic E-state index is 12.1. The Hall–Kier alpha value is -1.46. The van der Waals surface area contributed by atoms with Crippen LogP contribution < -0.4 is 0 Å². The van der Waals surface area contributed by atoms with Crippen molar-refractivity contribution in [2.24, 2.45) is 0 Å². The molecule has 0 atom stereocenters. The quantitative estimate of drug-likeness (QED) is 0.735. The summed E-state index contributed by atoms with van der Waals surface area (Å²) in [6, 6.07) is 7.00. The van der Waals surface area contributed by atoms with Crippen LogP contribution in [0, 0.1) is 12.3 Å². The monoisotopic (exact) mass is 235 g/mol. The fourth-order valence-electron chi connectivity index (χ4n) is 1.44. The Morgan fingerprint density at radius 1 is 1.50 bits per heavy atom. The molecular formula is C13H14ClNO. The van der Waals surface area contributed by atoms with Gasteiger partial charge in [-0.15, -0.1) is 6.42 Å². The van der Waals surface area contributed by atoms with Gasteiger partial charge in [0.1, 0.15) is 0 Å². The van der Waals surface area contributed by atoms with Crippen LogP contribution in [-0.2, 0) is 0 Å². The molecule has 0 saturated carbocycles. The Kier molecular flexibility index (Phi) is 4.88. The van der Waals surface area contributed by atoms with Gasteiger partial charge in [0.2, 0.25) is 0 Å². The number of amides is 1. The number of carbonyl (C=O) groups is 1. The van der Waals surface area contributed by atoms with E-state index in [4.69, 9.17) is 18.0 Å². The van der Waals surface area contributed by atoms with Crippen LogP contribution >= 0.6 is 11.6 Å². The molecule has 1 aromatic carbocycles. The van der Waals surface area contributed by atoms with Crippen LogP contribution in [-0.4, -0.2) is 23.9 Å². The van der Waals surface area contributed by atoms with Gasteiger partial charge in [0.15, 0.2) is 0 Å². The molecule has 2 nitrogen and oxygen atoms in total. The molecule has 1 amide bonds. The van der Waals surface area contributed by atoms with E-state index < -0.39 is 0 Å². The van der Waals surface area contributed by atoms with Crippen LogP contribution in [0.5, 0.6) is 0 Å². The average Bonchev–Trinajstić information content (AvgIpc) is 2.28. The SMILES string of the molecule is C#CCN(CCC)C(=O)c1ccccc1Cl. The molecule has 0 spiro atoms. The molecule has 0 fully saturated rings. The van der Waals surface area contributed by atoms with Gasteiger partial charge < -0.3 is 4.90 Å². The topological polar surface area (TPSA) is 20.3 Å². The molecule has 0 aliphatic carbocycles. The Balaban J connectivity index is 2.91. The van der Waals surface area contributed by atoms with E-state index in [1.807, 2.05) is 6.92 Å². The summed E-state index contributed by atoms with van der Waals surface area (Å²) in [4.78, 5) is 13.7. The highest BCUT2D eigenvalue weighted by molar-refractivity contribution is 6.33. The lowest BCUT2D eigenvalue weighted by atomic mass is 10.2. The maximum atomic E-state index is 12.1. The minimum atomic E-state index is -0.106. The Labute approximate surface area is 101 Å². The summed E-state index contributed by atoms with van der Waals surface area (Å²) in [5.74, 6) is 2.38. The predicted molar refractivity (Wildman–Crippen MR) is 66.5 cm³/mol. The van der Waals surface area contributed by atoms with E-state index >= 15 is 0 Å². The molecule has 3 heteroatoms. The zero-order chi connectivity index (χ0) is 12.0. The van der Waals surface area contributed by atoms with Crippen LogP contribution in [0.15, 0.2) is 24.3 Å². The standard InChI is InChI=1S/C13H14ClNO/c1-3-9-15(10-4-2)13(16)11-7-5-6-8-12(11)14/h1,5-8H,4,9-10H2,2H3. The lowest BCUT2D eigenvalue weighted by Crippen LogP contribution is -2.32. The number of terminal acetylenes is 1. The zero-order valence-corrected chi connectivity index (χ0v) is 10.00. The third-order valence-electron chi connectivity index (χ3n) is 2.17. The minimum Gasteiger partial charge on any atom is -0.327 e. The molecule has 0 aromatic heterocycles. The van der Waals surface area contributed by atoms with Gasteiger partial charge >= 0.3 is 0 Å². The molecule has 0 heterocycles. The van der Waals surface area contributed by atoms with Crippen LogP contribution in [0.25, 0.3) is 0 Å². The van der Waals surface area contributed by atoms with Crippen molar-refractivity contribution in [2.45, 2.75) is 13.3 Å². The number of nitrogens with zero attached hydrogens (tertiary/aromatic N) is 1. The molecule has 0 aliphatic rings. The normalized spacial score (nSPS) is 9.56. The van der Waals surface area contributed by atoms with Gasteiger partial charge in [-0.25, -0.2) is 0 Å². The molecule has 0 radical (unpaired) electrons. The highest BCUT2D eigenvalue weighted by Crippen LogP contribution is 2.17. The van der Waals surface area contributed by atoms with E-state index in [0.717, 1.165) is 6.42 Å². The lowest BCUT2D eigenvalue weighted by molar-refractivity contribution is 0.0777. The maximum Gasteiger partial charge on any atom is 0.256 e. The van der Waals surface area contributed by atoms with Gasteiger partial charge in [0.05, 0.1) is 17.1 Å². The summed E-state index contributed by atoms with van der Waals surface area (Å²) in [5, 5.41) is 0.464. The smallest absolute Gasteiger partial charge is 0.256 e. The van der Waals surface area contributed by atoms with Crippen molar-refractivity contribution in [3.8, 4) is 12.3 Å². The van der Waals surface area contributed by atoms with Gasteiger partial charge in [-0.1, -0.05) is 36.6 Å². The van der Waals surface area contributed by atoms with E-state index in [9.17, 15) is 4.79 Å². The van der Waals surface area contributed by atoms with Gasteiger partial charge in [-0.3, -0.25) is 4.79 Å². The second-order valence-electron chi connectivity index (χ2n) is 3.41. The first kappa shape index (κ1) is 12.6. The molecule has 16 heavy (non-hydrogen) atoms. The largest absolute Gasteiger partial charge is 0.327 e. The summed E-state index contributed by atoms with van der Waals surface area (Å²) in [6.07, 6.45) is 6.11. The van der Waals surface area contributed by atoms with Crippen LogP contribution in [0.3, 0.4) is 0 Å². The van der Waals surface area contributed by atoms with Gasteiger partial charge in [-0.2, -0.15) is 0 Å². The van der Waals surface area contributed by atoms with E-state index in [1.54, 1.807) is 29.2 Å². The Bertz CT molecular complexity index is 409. The first-order valence-electron chi connectivity index (χ1n) is 5.18. The van der Waals surface area contributed by atoms with Crippen molar-refractivity contribution in [2.75, 3.05) is 13.1 Å².